The summed E-state index contributed by atoms with van der Waals surface area (Å²) in [5, 5.41) is 7.67. The van der Waals surface area contributed by atoms with Gasteiger partial charge in [0.25, 0.3) is 0 Å². The first-order valence-electron chi connectivity index (χ1n) is 6.44. The fourth-order valence-corrected chi connectivity index (χ4v) is 2.79. The van der Waals surface area contributed by atoms with E-state index >= 15 is 0 Å². The Bertz CT molecular complexity index is 394. The maximum Gasteiger partial charge on any atom is 0.124 e. The topological polar surface area (TPSA) is 53.1 Å². The Morgan fingerprint density at radius 1 is 1.35 bits per heavy atom. The summed E-state index contributed by atoms with van der Waals surface area (Å²) in [5.41, 5.74) is 7.64. The van der Waals surface area contributed by atoms with Gasteiger partial charge in [0.15, 0.2) is 0 Å². The molecule has 0 aliphatic heterocycles. The summed E-state index contributed by atoms with van der Waals surface area (Å²) in [6.07, 6.45) is 5.17. The molecule has 0 aromatic heterocycles. The standard InChI is InChI=1S/C14H21N3/c1-2-17(11-7-3-4-8-11)13-10-6-5-9-12(13)14(15)16/h5-6,9-11H,2-4,7-8H2,1H3,(H3,15,16). The number of nitrogens with one attached hydrogen (secondary N) is 1. The summed E-state index contributed by atoms with van der Waals surface area (Å²) in [5.74, 6) is 0.164. The van der Waals surface area contributed by atoms with Crippen LogP contribution in [0.25, 0.3) is 0 Å². The zero-order chi connectivity index (χ0) is 12.3. The van der Waals surface area contributed by atoms with Crippen LogP contribution in [0.3, 0.4) is 0 Å². The average molecular weight is 231 g/mol. The number of nitrogens with two attached hydrogens (primary N) is 1. The van der Waals surface area contributed by atoms with Crippen LogP contribution in [0.4, 0.5) is 5.69 Å². The van der Waals surface area contributed by atoms with Gasteiger partial charge in [0.1, 0.15) is 5.84 Å². The van der Waals surface area contributed by atoms with Crippen molar-refractivity contribution in [3.05, 3.63) is 29.8 Å². The lowest BCUT2D eigenvalue weighted by Gasteiger charge is -2.31. The minimum Gasteiger partial charge on any atom is -0.384 e. The fraction of sp³-hybridized carbons (Fsp3) is 0.500. The number of hydrogen-bond acceptors (Lipinski definition) is 2. The van der Waals surface area contributed by atoms with Gasteiger partial charge in [-0.2, -0.15) is 0 Å². The van der Waals surface area contributed by atoms with E-state index in [9.17, 15) is 0 Å². The van der Waals surface area contributed by atoms with Crippen molar-refractivity contribution in [1.29, 1.82) is 5.41 Å². The van der Waals surface area contributed by atoms with Crippen LogP contribution in [0.1, 0.15) is 38.2 Å². The molecule has 17 heavy (non-hydrogen) atoms. The first kappa shape index (κ1) is 12.0. The zero-order valence-corrected chi connectivity index (χ0v) is 10.4. The number of rotatable bonds is 4. The van der Waals surface area contributed by atoms with Crippen molar-refractivity contribution < 1.29 is 0 Å². The van der Waals surface area contributed by atoms with Gasteiger partial charge in [-0.3, -0.25) is 5.41 Å². The lowest BCUT2D eigenvalue weighted by Crippen LogP contribution is -2.34. The van der Waals surface area contributed by atoms with Crippen molar-refractivity contribution in [2.75, 3.05) is 11.4 Å². The normalized spacial score (nSPS) is 16.1. The van der Waals surface area contributed by atoms with Crippen molar-refractivity contribution in [3.8, 4) is 0 Å². The lowest BCUT2D eigenvalue weighted by atomic mass is 10.1. The summed E-state index contributed by atoms with van der Waals surface area (Å²) >= 11 is 0. The first-order valence-corrected chi connectivity index (χ1v) is 6.44. The van der Waals surface area contributed by atoms with E-state index in [0.29, 0.717) is 6.04 Å². The molecule has 3 nitrogen and oxygen atoms in total. The number of anilines is 1. The average Bonchev–Trinajstić information content (AvgIpc) is 2.84. The highest BCUT2D eigenvalue weighted by Crippen LogP contribution is 2.30. The Balaban J connectivity index is 2.32. The van der Waals surface area contributed by atoms with Gasteiger partial charge >= 0.3 is 0 Å². The summed E-state index contributed by atoms with van der Waals surface area (Å²) in [6.45, 7) is 3.16. The molecule has 1 fully saturated rings. The van der Waals surface area contributed by atoms with E-state index in [1.54, 1.807) is 0 Å². The van der Waals surface area contributed by atoms with Gasteiger partial charge in [-0.1, -0.05) is 25.0 Å². The molecule has 1 aromatic carbocycles. The van der Waals surface area contributed by atoms with Gasteiger partial charge in [0.2, 0.25) is 0 Å². The molecule has 1 aliphatic rings. The van der Waals surface area contributed by atoms with Crippen molar-refractivity contribution in [2.24, 2.45) is 5.73 Å². The van der Waals surface area contributed by atoms with Crippen LogP contribution >= 0.6 is 0 Å². The molecule has 3 heteroatoms. The molecule has 1 saturated carbocycles. The highest BCUT2D eigenvalue weighted by molar-refractivity contribution is 6.00. The third-order valence-electron chi connectivity index (χ3n) is 3.61. The molecule has 1 aromatic rings. The summed E-state index contributed by atoms with van der Waals surface area (Å²) < 4.78 is 0. The van der Waals surface area contributed by atoms with Crippen LogP contribution in [-0.2, 0) is 0 Å². The molecular formula is C14H21N3. The van der Waals surface area contributed by atoms with E-state index in [-0.39, 0.29) is 5.84 Å². The summed E-state index contributed by atoms with van der Waals surface area (Å²) in [6, 6.07) is 8.62. The predicted octanol–water partition coefficient (Wildman–Crippen LogP) is 2.74. The molecule has 0 amide bonds. The number of nitrogens with zero attached hydrogens (tertiary/aromatic N) is 1. The molecule has 0 bridgehead atoms. The molecule has 0 spiro atoms. The second kappa shape index (κ2) is 5.21. The minimum absolute atomic E-state index is 0.164. The maximum atomic E-state index is 7.67. The molecule has 3 N–H and O–H groups in total. The number of nitrogen functional groups attached to an aromatic ring is 1. The van der Waals surface area contributed by atoms with E-state index in [1.807, 2.05) is 18.2 Å². The Morgan fingerprint density at radius 3 is 2.59 bits per heavy atom. The van der Waals surface area contributed by atoms with Crippen molar-refractivity contribution in [2.45, 2.75) is 38.6 Å². The Hall–Kier alpha value is -1.51. The number of amidine groups is 1. The summed E-state index contributed by atoms with van der Waals surface area (Å²) in [4.78, 5) is 2.41. The third-order valence-corrected chi connectivity index (χ3v) is 3.61. The molecule has 0 radical (unpaired) electrons. The van der Waals surface area contributed by atoms with E-state index in [2.05, 4.69) is 17.9 Å². The molecular weight excluding hydrogens is 210 g/mol. The lowest BCUT2D eigenvalue weighted by molar-refractivity contribution is 0.619. The van der Waals surface area contributed by atoms with Crippen LogP contribution < -0.4 is 10.6 Å². The van der Waals surface area contributed by atoms with Gasteiger partial charge in [0, 0.05) is 23.8 Å². The molecule has 0 unspecified atom stereocenters. The monoisotopic (exact) mass is 231 g/mol. The van der Waals surface area contributed by atoms with E-state index in [1.165, 1.54) is 25.7 Å². The van der Waals surface area contributed by atoms with Gasteiger partial charge in [-0.25, -0.2) is 0 Å². The van der Waals surface area contributed by atoms with Gasteiger partial charge in [-0.15, -0.1) is 0 Å². The van der Waals surface area contributed by atoms with Crippen molar-refractivity contribution >= 4 is 11.5 Å². The predicted molar refractivity (Wildman–Crippen MR) is 72.7 cm³/mol. The van der Waals surface area contributed by atoms with Crippen LogP contribution in [0.2, 0.25) is 0 Å². The number of para-hydroxylation sites is 1. The highest BCUT2D eigenvalue weighted by atomic mass is 15.2. The van der Waals surface area contributed by atoms with Crippen molar-refractivity contribution in [3.63, 3.8) is 0 Å². The minimum atomic E-state index is 0.164. The Morgan fingerprint density at radius 2 is 2.00 bits per heavy atom. The molecule has 0 atom stereocenters. The number of benzene rings is 1. The van der Waals surface area contributed by atoms with E-state index in [0.717, 1.165) is 17.8 Å². The second-order valence-electron chi connectivity index (χ2n) is 4.66. The maximum absolute atomic E-state index is 7.67. The van der Waals surface area contributed by atoms with Crippen LogP contribution in [0, 0.1) is 5.41 Å². The molecule has 1 aliphatic carbocycles. The summed E-state index contributed by atoms with van der Waals surface area (Å²) in [7, 11) is 0. The first-order chi connectivity index (χ1) is 8.24. The molecule has 0 heterocycles. The quantitative estimate of drug-likeness (QED) is 0.618. The second-order valence-corrected chi connectivity index (χ2v) is 4.66. The fourth-order valence-electron chi connectivity index (χ4n) is 2.79. The Labute approximate surface area is 103 Å². The van der Waals surface area contributed by atoms with Gasteiger partial charge in [0.05, 0.1) is 0 Å². The van der Waals surface area contributed by atoms with Crippen LogP contribution in [0.5, 0.6) is 0 Å². The van der Waals surface area contributed by atoms with Gasteiger partial charge in [-0.05, 0) is 31.9 Å². The molecule has 0 saturated heterocycles. The SMILES string of the molecule is CCN(c1ccccc1C(=N)N)C1CCCC1. The van der Waals surface area contributed by atoms with E-state index in [4.69, 9.17) is 11.1 Å². The highest BCUT2D eigenvalue weighted by Gasteiger charge is 2.23. The third kappa shape index (κ3) is 2.43. The smallest absolute Gasteiger partial charge is 0.124 e. The van der Waals surface area contributed by atoms with E-state index < -0.39 is 0 Å². The Kier molecular flexibility index (Phi) is 3.67. The largest absolute Gasteiger partial charge is 0.384 e. The van der Waals surface area contributed by atoms with Crippen molar-refractivity contribution in [1.82, 2.24) is 0 Å². The molecule has 2 rings (SSSR count). The number of hydrogen-bond donors (Lipinski definition) is 2. The zero-order valence-electron chi connectivity index (χ0n) is 10.4. The molecule has 92 valence electrons. The van der Waals surface area contributed by atoms with Crippen LogP contribution in [0.15, 0.2) is 24.3 Å². The van der Waals surface area contributed by atoms with Crippen LogP contribution in [-0.4, -0.2) is 18.4 Å². The van der Waals surface area contributed by atoms with Gasteiger partial charge < -0.3 is 10.6 Å².